The zero-order chi connectivity index (χ0) is 26.6. The number of thiophene rings is 1. The van der Waals surface area contributed by atoms with Gasteiger partial charge in [-0.1, -0.05) is 0 Å². The summed E-state index contributed by atoms with van der Waals surface area (Å²) in [4.78, 5) is 29.6. The van der Waals surface area contributed by atoms with Crippen molar-refractivity contribution in [2.75, 3.05) is 14.1 Å². The Morgan fingerprint density at radius 1 is 0.972 bits per heavy atom. The molecule has 0 unspecified atom stereocenters. The topological polar surface area (TPSA) is 98.8 Å². The van der Waals surface area contributed by atoms with Crippen LogP contribution in [0.2, 0.25) is 0 Å². The van der Waals surface area contributed by atoms with Crippen LogP contribution >= 0.6 is 11.3 Å². The summed E-state index contributed by atoms with van der Waals surface area (Å²) >= 11 is 1.50. The van der Waals surface area contributed by atoms with Crippen molar-refractivity contribution >= 4 is 44.6 Å². The van der Waals surface area contributed by atoms with Crippen LogP contribution in [0.4, 0.5) is 9.59 Å². The monoisotopic (exact) mass is 512 g/mol. The number of hydrogen-bond donors (Lipinski definition) is 1. The van der Waals surface area contributed by atoms with Crippen molar-refractivity contribution < 1.29 is 24.2 Å². The number of benzene rings is 1. The van der Waals surface area contributed by atoms with Crippen LogP contribution in [-0.2, 0) is 16.0 Å². The van der Waals surface area contributed by atoms with E-state index >= 15 is 0 Å². The number of nitrogens with zero attached hydrogens (tertiary/aromatic N) is 4. The van der Waals surface area contributed by atoms with E-state index in [4.69, 9.17) is 9.47 Å². The summed E-state index contributed by atoms with van der Waals surface area (Å²) in [6, 6.07) is 8.53. The molecule has 1 aromatic carbocycles. The Kier molecular flexibility index (Phi) is 6.38. The second-order valence-corrected chi connectivity index (χ2v) is 12.1. The Hall–Kier alpha value is -3.37. The largest absolute Gasteiger partial charge is 0.508 e. The minimum absolute atomic E-state index is 0.0192. The lowest BCUT2D eigenvalue weighted by Crippen LogP contribution is -2.28. The van der Waals surface area contributed by atoms with Crippen molar-refractivity contribution in [3.63, 3.8) is 0 Å². The summed E-state index contributed by atoms with van der Waals surface area (Å²) < 4.78 is 14.7. The van der Waals surface area contributed by atoms with E-state index in [9.17, 15) is 14.7 Å². The Bertz CT molecular complexity index is 1460. The van der Waals surface area contributed by atoms with Gasteiger partial charge >= 0.3 is 12.2 Å². The number of fused-ring (bicyclic) bond motifs is 2. The van der Waals surface area contributed by atoms with Gasteiger partial charge in [0, 0.05) is 22.9 Å². The van der Waals surface area contributed by atoms with Crippen LogP contribution in [0.3, 0.4) is 0 Å². The van der Waals surface area contributed by atoms with E-state index in [1.165, 1.54) is 26.7 Å². The molecule has 3 aromatic heterocycles. The van der Waals surface area contributed by atoms with Crippen molar-refractivity contribution in [3.05, 3.63) is 35.2 Å². The quantitative estimate of drug-likeness (QED) is 0.357. The van der Waals surface area contributed by atoms with Gasteiger partial charge in [0.1, 0.15) is 22.6 Å². The number of aromatic nitrogens is 3. The predicted molar refractivity (Wildman–Crippen MR) is 141 cm³/mol. The minimum Gasteiger partial charge on any atom is -0.508 e. The maximum atomic E-state index is 13.4. The zero-order valence-electron chi connectivity index (χ0n) is 21.9. The van der Waals surface area contributed by atoms with E-state index in [0.29, 0.717) is 29.0 Å². The molecule has 0 spiro atoms. The lowest BCUT2D eigenvalue weighted by atomic mass is 10.2. The fourth-order valence-corrected chi connectivity index (χ4v) is 5.07. The summed E-state index contributed by atoms with van der Waals surface area (Å²) in [5, 5.41) is 15.5. The van der Waals surface area contributed by atoms with Crippen LogP contribution in [0.1, 0.15) is 46.4 Å². The fourth-order valence-electron chi connectivity index (χ4n) is 3.83. The molecule has 3 heterocycles. The Balaban J connectivity index is 1.99. The number of aromatic hydroxyl groups is 1. The summed E-state index contributed by atoms with van der Waals surface area (Å²) in [5.41, 5.74) is 0.535. The zero-order valence-corrected chi connectivity index (χ0v) is 22.7. The van der Waals surface area contributed by atoms with Crippen molar-refractivity contribution in [3.8, 4) is 17.1 Å². The molecule has 0 radical (unpaired) electrons. The van der Waals surface area contributed by atoms with Crippen LogP contribution in [0, 0.1) is 0 Å². The van der Waals surface area contributed by atoms with Gasteiger partial charge in [-0.05, 0) is 79.9 Å². The standard InChI is InChI=1S/C26H32N4O5S/c1-25(2,3)34-23(32)29-18-12-16(31)10-9-15(18)11-19(29)21-22-20(13-17(36-22)14-28(7)8)30(27-21)24(33)35-26(4,5)6/h9-13,31H,14H2,1-8H3. The molecule has 0 saturated heterocycles. The highest BCUT2D eigenvalue weighted by molar-refractivity contribution is 7.19. The smallest absolute Gasteiger partial charge is 0.435 e. The van der Waals surface area contributed by atoms with Gasteiger partial charge in [0.25, 0.3) is 0 Å². The first-order chi connectivity index (χ1) is 16.6. The van der Waals surface area contributed by atoms with E-state index in [0.717, 1.165) is 15.0 Å². The summed E-state index contributed by atoms with van der Waals surface area (Å²) in [6.07, 6.45) is -1.21. The molecule has 36 heavy (non-hydrogen) atoms. The van der Waals surface area contributed by atoms with Crippen LogP contribution in [0.15, 0.2) is 30.3 Å². The molecule has 4 aromatic rings. The molecule has 0 aliphatic heterocycles. The van der Waals surface area contributed by atoms with Gasteiger partial charge in [0.2, 0.25) is 0 Å². The van der Waals surface area contributed by atoms with E-state index in [-0.39, 0.29) is 5.75 Å². The van der Waals surface area contributed by atoms with E-state index in [2.05, 4.69) is 5.10 Å². The fraction of sp³-hybridized carbons (Fsp3) is 0.423. The third-order valence-corrected chi connectivity index (χ3v) is 6.17. The van der Waals surface area contributed by atoms with Crippen LogP contribution in [-0.4, -0.2) is 61.8 Å². The average Bonchev–Trinajstić information content (AvgIpc) is 3.35. The Labute approximate surface area is 213 Å². The number of hydrogen-bond acceptors (Lipinski definition) is 8. The first-order valence-electron chi connectivity index (χ1n) is 11.6. The molecular formula is C26H32N4O5S. The van der Waals surface area contributed by atoms with Gasteiger partial charge < -0.3 is 19.5 Å². The first-order valence-corrected chi connectivity index (χ1v) is 12.4. The van der Waals surface area contributed by atoms with E-state index < -0.39 is 23.4 Å². The number of carbonyl (C=O) groups is 2. The lowest BCUT2D eigenvalue weighted by Gasteiger charge is -2.20. The predicted octanol–water partition coefficient (Wildman–Crippen LogP) is 6.05. The Morgan fingerprint density at radius 3 is 2.22 bits per heavy atom. The molecule has 4 rings (SSSR count). The molecular weight excluding hydrogens is 480 g/mol. The van der Waals surface area contributed by atoms with Crippen molar-refractivity contribution in [2.45, 2.75) is 59.3 Å². The number of ether oxygens (including phenoxy) is 2. The van der Waals surface area contributed by atoms with Gasteiger partial charge in [-0.3, -0.25) is 0 Å². The average molecular weight is 513 g/mol. The minimum atomic E-state index is -0.741. The summed E-state index contributed by atoms with van der Waals surface area (Å²) in [7, 11) is 3.94. The van der Waals surface area contributed by atoms with Crippen molar-refractivity contribution in [2.24, 2.45) is 0 Å². The van der Waals surface area contributed by atoms with Gasteiger partial charge in [0.15, 0.2) is 0 Å². The first kappa shape index (κ1) is 25.7. The lowest BCUT2D eigenvalue weighted by molar-refractivity contribution is 0.0520. The highest BCUT2D eigenvalue weighted by Gasteiger charge is 2.29. The molecule has 10 heteroatoms. The van der Waals surface area contributed by atoms with Crippen molar-refractivity contribution in [1.82, 2.24) is 19.2 Å². The van der Waals surface area contributed by atoms with Gasteiger partial charge in [-0.25, -0.2) is 14.2 Å². The molecule has 9 nitrogen and oxygen atoms in total. The molecule has 0 aliphatic rings. The normalized spacial score (nSPS) is 12.6. The van der Waals surface area contributed by atoms with Gasteiger partial charge in [0.05, 0.1) is 21.4 Å². The third kappa shape index (κ3) is 5.24. The molecule has 1 N–H and O–H groups in total. The van der Waals surface area contributed by atoms with Crippen molar-refractivity contribution in [1.29, 1.82) is 0 Å². The molecule has 0 atom stereocenters. The maximum Gasteiger partial charge on any atom is 0.435 e. The van der Waals surface area contributed by atoms with E-state index in [1.807, 2.05) is 31.1 Å². The maximum absolute atomic E-state index is 13.4. The molecule has 0 amide bonds. The second kappa shape index (κ2) is 8.94. The molecule has 0 bridgehead atoms. The highest BCUT2D eigenvalue weighted by atomic mass is 32.1. The van der Waals surface area contributed by atoms with E-state index in [1.54, 1.807) is 53.7 Å². The summed E-state index contributed by atoms with van der Waals surface area (Å²) in [6.45, 7) is 11.4. The third-order valence-electron chi connectivity index (χ3n) is 5.05. The van der Waals surface area contributed by atoms with Gasteiger partial charge in [-0.2, -0.15) is 9.78 Å². The molecule has 0 aliphatic carbocycles. The molecule has 192 valence electrons. The Morgan fingerprint density at radius 2 is 1.61 bits per heavy atom. The number of rotatable bonds is 3. The van der Waals surface area contributed by atoms with Crippen LogP contribution < -0.4 is 0 Å². The SMILES string of the molecule is CN(C)Cc1cc2c(s1)c(-c1cc3ccc(O)cc3n1C(=O)OC(C)(C)C)nn2C(=O)OC(C)(C)C. The molecule has 0 fully saturated rings. The number of phenols is 1. The number of phenolic OH excluding ortho intramolecular Hbond substituents is 1. The second-order valence-electron chi connectivity index (χ2n) is 11.0. The number of carbonyl (C=O) groups excluding carboxylic acids is 2. The van der Waals surface area contributed by atoms with Gasteiger partial charge in [-0.15, -0.1) is 11.3 Å². The summed E-state index contributed by atoms with van der Waals surface area (Å²) in [5.74, 6) is 0.0192. The highest BCUT2D eigenvalue weighted by Crippen LogP contribution is 2.38. The molecule has 0 saturated carbocycles. The van der Waals surface area contributed by atoms with Crippen LogP contribution in [0.25, 0.3) is 32.5 Å². The van der Waals surface area contributed by atoms with Crippen LogP contribution in [0.5, 0.6) is 5.75 Å².